The minimum atomic E-state index is 0.140. The number of nitrogens with zero attached hydrogens (tertiary/aromatic N) is 6. The number of fused-ring (bicyclic) bond motifs is 2. The third kappa shape index (κ3) is 3.34. The summed E-state index contributed by atoms with van der Waals surface area (Å²) in [4.78, 5) is 18.7. The summed E-state index contributed by atoms with van der Waals surface area (Å²) >= 11 is 0. The lowest BCUT2D eigenvalue weighted by Gasteiger charge is -2.39. The summed E-state index contributed by atoms with van der Waals surface area (Å²) < 4.78 is 2.11. The van der Waals surface area contributed by atoms with Gasteiger partial charge in [0, 0.05) is 44.0 Å². The van der Waals surface area contributed by atoms with Crippen LogP contribution in [0.2, 0.25) is 0 Å². The quantitative estimate of drug-likeness (QED) is 0.859. The van der Waals surface area contributed by atoms with E-state index in [-0.39, 0.29) is 12.0 Å². The third-order valence-electron chi connectivity index (χ3n) is 6.35. The van der Waals surface area contributed by atoms with Gasteiger partial charge in [0.2, 0.25) is 0 Å². The summed E-state index contributed by atoms with van der Waals surface area (Å²) in [5.41, 5.74) is 2.76. The van der Waals surface area contributed by atoms with Crippen LogP contribution >= 0.6 is 0 Å². The lowest BCUT2D eigenvalue weighted by Crippen LogP contribution is -2.42. The molecule has 2 aromatic rings. The summed E-state index contributed by atoms with van der Waals surface area (Å²) in [6.45, 7) is 5.81. The zero-order valence-corrected chi connectivity index (χ0v) is 16.6. The highest BCUT2D eigenvalue weighted by atomic mass is 16.3. The van der Waals surface area contributed by atoms with Crippen molar-refractivity contribution in [1.82, 2.24) is 24.4 Å². The van der Waals surface area contributed by atoms with Crippen LogP contribution in [0.15, 0.2) is 12.4 Å². The largest absolute Gasteiger partial charge is 0.395 e. The van der Waals surface area contributed by atoms with Gasteiger partial charge in [0.05, 0.1) is 18.8 Å². The Morgan fingerprint density at radius 2 is 2.00 bits per heavy atom. The van der Waals surface area contributed by atoms with Gasteiger partial charge in [0.15, 0.2) is 0 Å². The lowest BCUT2D eigenvalue weighted by molar-refractivity contribution is 0.146. The minimum absolute atomic E-state index is 0.140. The van der Waals surface area contributed by atoms with E-state index in [1.165, 1.54) is 11.3 Å². The van der Waals surface area contributed by atoms with E-state index in [0.29, 0.717) is 6.54 Å². The molecule has 1 saturated heterocycles. The first kappa shape index (κ1) is 18.4. The number of hydrogen-bond donors (Lipinski definition) is 1. The van der Waals surface area contributed by atoms with Gasteiger partial charge in [0.1, 0.15) is 17.5 Å². The summed E-state index contributed by atoms with van der Waals surface area (Å²) in [5, 5.41) is 9.31. The Balaban J connectivity index is 1.53. The molecule has 2 aliphatic rings. The molecule has 0 saturated carbocycles. The second-order valence-corrected chi connectivity index (χ2v) is 8.08. The van der Waals surface area contributed by atoms with Gasteiger partial charge in [0.25, 0.3) is 0 Å². The normalized spacial score (nSPS) is 18.8. The van der Waals surface area contributed by atoms with Crippen molar-refractivity contribution in [1.29, 1.82) is 0 Å². The predicted octanol–water partition coefficient (Wildman–Crippen LogP) is 1.43. The lowest BCUT2D eigenvalue weighted by atomic mass is 9.76. The maximum atomic E-state index is 9.31. The molecule has 0 bridgehead atoms. The van der Waals surface area contributed by atoms with Crippen molar-refractivity contribution in [2.24, 2.45) is 7.05 Å². The molecule has 0 radical (unpaired) electrons. The maximum absolute atomic E-state index is 9.31. The number of aryl methyl sites for hydroxylation is 2. The third-order valence-corrected chi connectivity index (χ3v) is 6.35. The molecule has 1 fully saturated rings. The average Bonchev–Trinajstić information content (AvgIpc) is 3.21. The van der Waals surface area contributed by atoms with Crippen molar-refractivity contribution in [3.05, 3.63) is 35.3 Å². The Kier molecular flexibility index (Phi) is 4.90. The Bertz CT molecular complexity index is 809. The number of hydrogen-bond acceptors (Lipinski definition) is 6. The van der Waals surface area contributed by atoms with Crippen LogP contribution in [-0.2, 0) is 25.4 Å². The molecule has 27 heavy (non-hydrogen) atoms. The average molecular weight is 371 g/mol. The fourth-order valence-corrected chi connectivity index (χ4v) is 4.68. The van der Waals surface area contributed by atoms with E-state index in [0.717, 1.165) is 62.8 Å². The molecular formula is C20H30N6O. The molecule has 2 aromatic heterocycles. The van der Waals surface area contributed by atoms with Crippen LogP contribution < -0.4 is 4.90 Å². The highest BCUT2D eigenvalue weighted by Gasteiger charge is 2.44. The van der Waals surface area contributed by atoms with Crippen molar-refractivity contribution in [3.8, 4) is 0 Å². The van der Waals surface area contributed by atoms with Gasteiger partial charge in [-0.05, 0) is 45.7 Å². The Morgan fingerprint density at radius 1 is 1.22 bits per heavy atom. The monoisotopic (exact) mass is 370 g/mol. The van der Waals surface area contributed by atoms with Crippen LogP contribution in [0.1, 0.15) is 42.2 Å². The van der Waals surface area contributed by atoms with Gasteiger partial charge >= 0.3 is 0 Å². The molecule has 7 heteroatoms. The fraction of sp³-hybridized carbons (Fsp3) is 0.650. The van der Waals surface area contributed by atoms with Crippen molar-refractivity contribution < 1.29 is 5.11 Å². The summed E-state index contributed by atoms with van der Waals surface area (Å²) in [5.74, 6) is 2.98. The molecule has 0 amide bonds. The number of aliphatic hydroxyl groups excluding tert-OH is 1. The first-order valence-electron chi connectivity index (χ1n) is 9.91. The van der Waals surface area contributed by atoms with Crippen LogP contribution in [0.4, 0.5) is 5.82 Å². The van der Waals surface area contributed by atoms with E-state index in [2.05, 4.69) is 26.4 Å². The number of likely N-dealkylation sites (N-methyl/N-ethyl adjacent to an activating group) is 1. The van der Waals surface area contributed by atoms with Gasteiger partial charge in [-0.1, -0.05) is 0 Å². The number of aromatic nitrogens is 4. The van der Waals surface area contributed by atoms with E-state index in [4.69, 9.17) is 9.97 Å². The second kappa shape index (κ2) is 7.20. The SMILES string of the molecule is Cc1nc(N(C)CCO)c2c(n1)C1(CC2)CCN(Cc2nccn2C)CC1. The van der Waals surface area contributed by atoms with Crippen LogP contribution in [-0.4, -0.2) is 62.8 Å². The Hall–Kier alpha value is -1.99. The van der Waals surface area contributed by atoms with Crippen molar-refractivity contribution in [2.45, 2.75) is 44.6 Å². The summed E-state index contributed by atoms with van der Waals surface area (Å²) in [6, 6.07) is 0. The van der Waals surface area contributed by atoms with Crippen molar-refractivity contribution in [2.75, 3.05) is 38.2 Å². The molecule has 1 aliphatic carbocycles. The number of rotatable bonds is 5. The number of piperidine rings is 1. The predicted molar refractivity (Wildman–Crippen MR) is 105 cm³/mol. The summed E-state index contributed by atoms with van der Waals surface area (Å²) in [6.07, 6.45) is 8.38. The smallest absolute Gasteiger partial charge is 0.135 e. The van der Waals surface area contributed by atoms with E-state index in [1.807, 2.05) is 26.4 Å². The first-order valence-corrected chi connectivity index (χ1v) is 9.91. The van der Waals surface area contributed by atoms with E-state index in [1.54, 1.807) is 0 Å². The molecule has 1 N–H and O–H groups in total. The van der Waals surface area contributed by atoms with Crippen molar-refractivity contribution >= 4 is 5.82 Å². The van der Waals surface area contributed by atoms with Gasteiger partial charge in [-0.25, -0.2) is 15.0 Å². The van der Waals surface area contributed by atoms with Crippen LogP contribution in [0.5, 0.6) is 0 Å². The number of anilines is 1. The number of imidazole rings is 1. The van der Waals surface area contributed by atoms with Crippen molar-refractivity contribution in [3.63, 3.8) is 0 Å². The zero-order valence-electron chi connectivity index (χ0n) is 16.6. The molecule has 1 spiro atoms. The molecule has 4 rings (SSSR count). The van der Waals surface area contributed by atoms with Gasteiger partial charge in [-0.2, -0.15) is 0 Å². The molecular weight excluding hydrogens is 340 g/mol. The van der Waals surface area contributed by atoms with Gasteiger partial charge in [-0.3, -0.25) is 4.90 Å². The van der Waals surface area contributed by atoms with E-state index in [9.17, 15) is 5.11 Å². The molecule has 0 atom stereocenters. The fourth-order valence-electron chi connectivity index (χ4n) is 4.68. The Labute approximate surface area is 161 Å². The molecule has 1 aliphatic heterocycles. The second-order valence-electron chi connectivity index (χ2n) is 8.08. The zero-order chi connectivity index (χ0) is 19.0. The van der Waals surface area contributed by atoms with Gasteiger partial charge in [-0.15, -0.1) is 0 Å². The molecule has 146 valence electrons. The molecule has 0 aromatic carbocycles. The molecule has 7 nitrogen and oxygen atoms in total. The van der Waals surface area contributed by atoms with Gasteiger partial charge < -0.3 is 14.6 Å². The van der Waals surface area contributed by atoms with Crippen LogP contribution in [0.25, 0.3) is 0 Å². The molecule has 0 unspecified atom stereocenters. The highest BCUT2D eigenvalue weighted by Crippen LogP contribution is 2.47. The van der Waals surface area contributed by atoms with Crippen LogP contribution in [0, 0.1) is 6.92 Å². The standard InChI is InChI=1S/C20H30N6O/c1-15-22-18-16(19(23-15)25(3)12-13-27)4-5-20(18)6-9-26(10-7-20)14-17-21-8-11-24(17)2/h8,11,27H,4-7,9-10,12-14H2,1-3H3. The summed E-state index contributed by atoms with van der Waals surface area (Å²) in [7, 11) is 4.07. The molecule has 3 heterocycles. The maximum Gasteiger partial charge on any atom is 0.135 e. The van der Waals surface area contributed by atoms with Crippen LogP contribution in [0.3, 0.4) is 0 Å². The first-order chi connectivity index (χ1) is 13.0. The Morgan fingerprint density at radius 3 is 2.67 bits per heavy atom. The number of likely N-dealkylation sites (tertiary alicyclic amines) is 1. The topological polar surface area (TPSA) is 70.3 Å². The minimum Gasteiger partial charge on any atom is -0.395 e. The van der Waals surface area contributed by atoms with E-state index < -0.39 is 0 Å². The number of aliphatic hydroxyl groups is 1. The highest BCUT2D eigenvalue weighted by molar-refractivity contribution is 5.53. The van der Waals surface area contributed by atoms with E-state index >= 15 is 0 Å².